The molecule has 0 radical (unpaired) electrons. The summed E-state index contributed by atoms with van der Waals surface area (Å²) in [5.74, 6) is -1.13. The number of carbonyl (C=O) groups excluding carboxylic acids is 2. The number of rotatable bonds is 11. The number of methoxy groups -OCH3 is 1. The van der Waals surface area contributed by atoms with Crippen LogP contribution in [0.2, 0.25) is 0 Å². The smallest absolute Gasteiger partial charge is 0.337 e. The molecule has 1 fully saturated rings. The van der Waals surface area contributed by atoms with Gasteiger partial charge in [0.05, 0.1) is 24.2 Å². The molecule has 0 unspecified atom stereocenters. The van der Waals surface area contributed by atoms with E-state index in [9.17, 15) is 19.8 Å². The van der Waals surface area contributed by atoms with Crippen LogP contribution in [0.4, 0.5) is 0 Å². The van der Waals surface area contributed by atoms with Crippen molar-refractivity contribution in [3.63, 3.8) is 0 Å². The summed E-state index contributed by atoms with van der Waals surface area (Å²) in [6, 6.07) is 0. The average molecular weight is 417 g/mol. The lowest BCUT2D eigenvalue weighted by atomic mass is 9.93. The summed E-state index contributed by atoms with van der Waals surface area (Å²) >= 11 is 0. The number of allylic oxidation sites excluding steroid dienone is 5. The predicted molar refractivity (Wildman–Crippen MR) is 118 cm³/mol. The Kier molecular flexibility index (Phi) is 9.57. The Labute approximate surface area is 180 Å². The van der Waals surface area contributed by atoms with Gasteiger partial charge in [-0.2, -0.15) is 0 Å². The SMILES string of the molecule is COC(=O)C(=C(O)CCCC/C=C/C[C@@](C)(O)/C=C/C1=CCCC1)[C@H]1CCCC1=O. The first kappa shape index (κ1) is 24.1. The van der Waals surface area contributed by atoms with Gasteiger partial charge in [0.15, 0.2) is 0 Å². The number of ether oxygens (including phenoxy) is 1. The fourth-order valence-corrected chi connectivity index (χ4v) is 4.02. The molecule has 0 heterocycles. The molecular formula is C25H36O5. The van der Waals surface area contributed by atoms with E-state index in [2.05, 4.69) is 6.08 Å². The molecule has 0 aliphatic heterocycles. The molecule has 0 aromatic heterocycles. The Morgan fingerprint density at radius 3 is 2.70 bits per heavy atom. The Bertz CT molecular complexity index is 724. The van der Waals surface area contributed by atoms with E-state index in [-0.39, 0.29) is 17.1 Å². The second-order valence-corrected chi connectivity index (χ2v) is 8.55. The van der Waals surface area contributed by atoms with Crippen molar-refractivity contribution in [2.45, 2.75) is 83.2 Å². The molecule has 30 heavy (non-hydrogen) atoms. The van der Waals surface area contributed by atoms with Crippen molar-refractivity contribution in [2.75, 3.05) is 7.11 Å². The van der Waals surface area contributed by atoms with Crippen LogP contribution in [0.5, 0.6) is 0 Å². The van der Waals surface area contributed by atoms with Crippen LogP contribution in [-0.4, -0.2) is 34.7 Å². The molecule has 166 valence electrons. The molecule has 0 saturated heterocycles. The van der Waals surface area contributed by atoms with Crippen molar-refractivity contribution in [2.24, 2.45) is 5.92 Å². The van der Waals surface area contributed by atoms with Crippen molar-refractivity contribution in [3.05, 3.63) is 47.3 Å². The van der Waals surface area contributed by atoms with Crippen LogP contribution in [-0.2, 0) is 14.3 Å². The van der Waals surface area contributed by atoms with Gasteiger partial charge in [0.25, 0.3) is 0 Å². The summed E-state index contributed by atoms with van der Waals surface area (Å²) in [7, 11) is 1.27. The highest BCUT2D eigenvalue weighted by atomic mass is 16.5. The number of aliphatic hydroxyl groups excluding tert-OH is 1. The zero-order valence-corrected chi connectivity index (χ0v) is 18.4. The maximum absolute atomic E-state index is 12.1. The van der Waals surface area contributed by atoms with E-state index in [1.807, 2.05) is 31.2 Å². The molecular weight excluding hydrogens is 380 g/mol. The molecule has 1 saturated carbocycles. The molecule has 2 N–H and O–H groups in total. The highest BCUT2D eigenvalue weighted by Crippen LogP contribution is 2.31. The Hall–Kier alpha value is -2.14. The predicted octanol–water partition coefficient (Wildman–Crippen LogP) is 5.26. The lowest BCUT2D eigenvalue weighted by Gasteiger charge is -2.16. The molecule has 5 heteroatoms. The van der Waals surface area contributed by atoms with Crippen LogP contribution in [0.25, 0.3) is 0 Å². The minimum absolute atomic E-state index is 0.00945. The summed E-state index contributed by atoms with van der Waals surface area (Å²) in [6.07, 6.45) is 18.7. The normalized spacial score (nSPS) is 22.4. The number of Topliss-reactive ketones (excluding diaryl/α,β-unsaturated/α-hetero) is 1. The lowest BCUT2D eigenvalue weighted by molar-refractivity contribution is -0.138. The highest BCUT2D eigenvalue weighted by Gasteiger charge is 2.34. The van der Waals surface area contributed by atoms with E-state index in [4.69, 9.17) is 4.74 Å². The minimum Gasteiger partial charge on any atom is -0.512 e. The first-order valence-corrected chi connectivity index (χ1v) is 11.1. The zero-order chi connectivity index (χ0) is 22.0. The van der Waals surface area contributed by atoms with Crippen molar-refractivity contribution in [1.82, 2.24) is 0 Å². The molecule has 2 rings (SSSR count). The average Bonchev–Trinajstić information content (AvgIpc) is 3.38. The third-order valence-electron chi connectivity index (χ3n) is 5.83. The van der Waals surface area contributed by atoms with Gasteiger partial charge in [0, 0.05) is 12.8 Å². The molecule has 0 aromatic rings. The summed E-state index contributed by atoms with van der Waals surface area (Å²) < 4.78 is 4.78. The van der Waals surface area contributed by atoms with E-state index < -0.39 is 17.5 Å². The number of unbranched alkanes of at least 4 members (excludes halogenated alkanes) is 2. The van der Waals surface area contributed by atoms with Gasteiger partial charge in [0.2, 0.25) is 0 Å². The number of ketones is 1. The van der Waals surface area contributed by atoms with Crippen LogP contribution in [0.15, 0.2) is 47.3 Å². The van der Waals surface area contributed by atoms with Gasteiger partial charge in [-0.05, 0) is 64.7 Å². The molecule has 0 amide bonds. The fourth-order valence-electron chi connectivity index (χ4n) is 4.02. The van der Waals surface area contributed by atoms with Crippen molar-refractivity contribution in [1.29, 1.82) is 0 Å². The summed E-state index contributed by atoms with van der Waals surface area (Å²) in [5.41, 5.74) is 0.595. The molecule has 2 aliphatic carbocycles. The maximum Gasteiger partial charge on any atom is 0.337 e. The molecule has 2 aliphatic rings. The highest BCUT2D eigenvalue weighted by molar-refractivity contribution is 5.98. The second-order valence-electron chi connectivity index (χ2n) is 8.55. The minimum atomic E-state index is -0.857. The Morgan fingerprint density at radius 1 is 1.27 bits per heavy atom. The maximum atomic E-state index is 12.1. The lowest BCUT2D eigenvalue weighted by Crippen LogP contribution is -2.20. The van der Waals surface area contributed by atoms with Gasteiger partial charge in [-0.3, -0.25) is 4.79 Å². The standard InChI is InChI=1S/C25H36O5/c1-25(29,18-16-19-11-7-8-12-19)17-9-5-3-4-6-14-22(27)23(24(28)30-2)20-13-10-15-21(20)26/h5,9,11,16,18,20,27,29H,3-4,6-8,10,12-15,17H2,1-2H3/b9-5+,18-16+,23-22?/t20-,25+/m0/s1. The number of carbonyl (C=O) groups is 2. The van der Waals surface area contributed by atoms with E-state index in [1.54, 1.807) is 0 Å². The molecule has 5 nitrogen and oxygen atoms in total. The second kappa shape index (κ2) is 11.9. The van der Waals surface area contributed by atoms with Crippen LogP contribution < -0.4 is 0 Å². The van der Waals surface area contributed by atoms with E-state index in [0.29, 0.717) is 32.1 Å². The number of aliphatic hydroxyl groups is 2. The molecule has 0 aromatic carbocycles. The zero-order valence-electron chi connectivity index (χ0n) is 18.4. The fraction of sp³-hybridized carbons (Fsp3) is 0.600. The Morgan fingerprint density at radius 2 is 2.07 bits per heavy atom. The quantitative estimate of drug-likeness (QED) is 0.158. The molecule has 0 bridgehead atoms. The number of hydrogen-bond acceptors (Lipinski definition) is 5. The van der Waals surface area contributed by atoms with Gasteiger partial charge in [0.1, 0.15) is 11.5 Å². The van der Waals surface area contributed by atoms with Crippen LogP contribution >= 0.6 is 0 Å². The van der Waals surface area contributed by atoms with Gasteiger partial charge in [-0.1, -0.05) is 36.0 Å². The summed E-state index contributed by atoms with van der Waals surface area (Å²) in [6.45, 7) is 1.81. The molecule has 2 atom stereocenters. The summed E-state index contributed by atoms with van der Waals surface area (Å²) in [4.78, 5) is 24.1. The first-order valence-electron chi connectivity index (χ1n) is 11.1. The first-order chi connectivity index (χ1) is 14.3. The van der Waals surface area contributed by atoms with Gasteiger partial charge >= 0.3 is 5.97 Å². The largest absolute Gasteiger partial charge is 0.512 e. The number of esters is 1. The van der Waals surface area contributed by atoms with E-state index in [1.165, 1.54) is 19.1 Å². The van der Waals surface area contributed by atoms with E-state index >= 15 is 0 Å². The van der Waals surface area contributed by atoms with Crippen LogP contribution in [0.1, 0.15) is 77.6 Å². The van der Waals surface area contributed by atoms with Crippen LogP contribution in [0.3, 0.4) is 0 Å². The third-order valence-corrected chi connectivity index (χ3v) is 5.83. The number of hydrogen-bond donors (Lipinski definition) is 2. The van der Waals surface area contributed by atoms with Crippen molar-refractivity contribution in [3.8, 4) is 0 Å². The monoisotopic (exact) mass is 416 g/mol. The third kappa shape index (κ3) is 7.60. The molecule has 0 spiro atoms. The van der Waals surface area contributed by atoms with Gasteiger partial charge < -0.3 is 14.9 Å². The van der Waals surface area contributed by atoms with Gasteiger partial charge in [-0.25, -0.2) is 4.79 Å². The van der Waals surface area contributed by atoms with Crippen LogP contribution in [0, 0.1) is 5.92 Å². The summed E-state index contributed by atoms with van der Waals surface area (Å²) in [5, 5.41) is 20.8. The van der Waals surface area contributed by atoms with Crippen molar-refractivity contribution >= 4 is 11.8 Å². The van der Waals surface area contributed by atoms with Crippen molar-refractivity contribution < 1.29 is 24.5 Å². The van der Waals surface area contributed by atoms with Gasteiger partial charge in [-0.15, -0.1) is 0 Å². The Balaban J connectivity index is 1.75. The topological polar surface area (TPSA) is 83.8 Å². The van der Waals surface area contributed by atoms with E-state index in [0.717, 1.165) is 32.1 Å².